The van der Waals surface area contributed by atoms with Gasteiger partial charge in [-0.2, -0.15) is 0 Å². The molecule has 1 aromatic heterocycles. The van der Waals surface area contributed by atoms with Crippen molar-refractivity contribution in [2.75, 3.05) is 0 Å². The molecular weight excluding hydrogens is 208 g/mol. The number of aliphatic carboxylic acids is 1. The van der Waals surface area contributed by atoms with Crippen LogP contribution in [-0.4, -0.2) is 27.6 Å². The predicted octanol–water partition coefficient (Wildman–Crippen LogP) is 0.640. The zero-order valence-electron chi connectivity index (χ0n) is 9.43. The van der Waals surface area contributed by atoms with E-state index in [4.69, 9.17) is 5.11 Å². The van der Waals surface area contributed by atoms with E-state index in [0.717, 1.165) is 12.2 Å². The number of rotatable bonds is 5. The Labute approximate surface area is 94.1 Å². The summed E-state index contributed by atoms with van der Waals surface area (Å²) in [6, 6.07) is 2.87. The number of hydrogen-bond donors (Lipinski definition) is 2. The van der Waals surface area contributed by atoms with Gasteiger partial charge in [-0.25, -0.2) is 4.79 Å². The van der Waals surface area contributed by atoms with Gasteiger partial charge in [0.05, 0.1) is 0 Å². The number of aryl methyl sites for hydroxylation is 1. The fourth-order valence-corrected chi connectivity index (χ4v) is 1.60. The molecule has 0 saturated heterocycles. The molecule has 0 aliphatic carbocycles. The topological polar surface area (TPSA) is 71.3 Å². The maximum Gasteiger partial charge on any atom is 0.326 e. The van der Waals surface area contributed by atoms with Crippen LogP contribution in [0.2, 0.25) is 0 Å². The van der Waals surface area contributed by atoms with Gasteiger partial charge in [0.25, 0.3) is 0 Å². The lowest BCUT2D eigenvalue weighted by atomic mass is 10.1. The molecule has 0 aliphatic heterocycles. The standard InChI is InChI=1S/C11H16N2O3/c1-3-13-6-4-5-9(13)7-10(11(15)16)12-8(2)14/h4-6,10H,3,7H2,1-2H3,(H,12,14)(H,15,16). The Bertz CT molecular complexity index is 384. The number of aromatic nitrogens is 1. The lowest BCUT2D eigenvalue weighted by Gasteiger charge is -2.14. The molecule has 88 valence electrons. The molecule has 16 heavy (non-hydrogen) atoms. The van der Waals surface area contributed by atoms with Gasteiger partial charge in [0, 0.05) is 31.8 Å². The van der Waals surface area contributed by atoms with Crippen molar-refractivity contribution in [2.45, 2.75) is 32.9 Å². The first-order chi connectivity index (χ1) is 7.54. The third-order valence-electron chi connectivity index (χ3n) is 2.35. The number of hydrogen-bond acceptors (Lipinski definition) is 2. The van der Waals surface area contributed by atoms with Gasteiger partial charge in [0.2, 0.25) is 5.91 Å². The number of carboxylic acid groups (broad SMARTS) is 1. The average molecular weight is 224 g/mol. The lowest BCUT2D eigenvalue weighted by Crippen LogP contribution is -2.41. The Morgan fingerprint density at radius 2 is 2.25 bits per heavy atom. The van der Waals surface area contributed by atoms with E-state index in [1.165, 1.54) is 6.92 Å². The molecule has 0 spiro atoms. The fraction of sp³-hybridized carbons (Fsp3) is 0.455. The van der Waals surface area contributed by atoms with E-state index in [9.17, 15) is 9.59 Å². The van der Waals surface area contributed by atoms with E-state index < -0.39 is 12.0 Å². The number of carbonyl (C=O) groups excluding carboxylic acids is 1. The molecular formula is C11H16N2O3. The van der Waals surface area contributed by atoms with Crippen molar-refractivity contribution in [1.29, 1.82) is 0 Å². The van der Waals surface area contributed by atoms with Crippen LogP contribution in [0.15, 0.2) is 18.3 Å². The van der Waals surface area contributed by atoms with Gasteiger partial charge in [-0.15, -0.1) is 0 Å². The highest BCUT2D eigenvalue weighted by Gasteiger charge is 2.19. The van der Waals surface area contributed by atoms with Crippen LogP contribution in [0.1, 0.15) is 19.5 Å². The minimum atomic E-state index is -1.01. The number of nitrogens with zero attached hydrogens (tertiary/aromatic N) is 1. The van der Waals surface area contributed by atoms with Gasteiger partial charge in [0.1, 0.15) is 6.04 Å². The van der Waals surface area contributed by atoms with Gasteiger partial charge in [-0.1, -0.05) is 0 Å². The van der Waals surface area contributed by atoms with Gasteiger partial charge in [0.15, 0.2) is 0 Å². The number of carboxylic acids is 1. The summed E-state index contributed by atoms with van der Waals surface area (Å²) in [5.74, 6) is -1.35. The first-order valence-corrected chi connectivity index (χ1v) is 5.18. The van der Waals surface area contributed by atoms with Crippen molar-refractivity contribution in [3.8, 4) is 0 Å². The zero-order chi connectivity index (χ0) is 12.1. The molecule has 5 heteroatoms. The number of carbonyl (C=O) groups is 2. The summed E-state index contributed by atoms with van der Waals surface area (Å²) in [6.45, 7) is 4.08. The van der Waals surface area contributed by atoms with Crippen LogP contribution in [0.5, 0.6) is 0 Å². The molecule has 0 bridgehead atoms. The second-order valence-corrected chi connectivity index (χ2v) is 3.58. The van der Waals surface area contributed by atoms with Crippen molar-refractivity contribution in [2.24, 2.45) is 0 Å². The third kappa shape index (κ3) is 3.12. The molecule has 0 aliphatic rings. The Morgan fingerprint density at radius 1 is 1.56 bits per heavy atom. The second-order valence-electron chi connectivity index (χ2n) is 3.58. The molecule has 0 saturated carbocycles. The first kappa shape index (κ1) is 12.3. The Balaban J connectivity index is 2.75. The van der Waals surface area contributed by atoms with Gasteiger partial charge in [-0.3, -0.25) is 4.79 Å². The molecule has 0 fully saturated rings. The van der Waals surface area contributed by atoms with E-state index in [0.29, 0.717) is 6.42 Å². The molecule has 2 N–H and O–H groups in total. The largest absolute Gasteiger partial charge is 0.480 e. The lowest BCUT2D eigenvalue weighted by molar-refractivity contribution is -0.141. The van der Waals surface area contributed by atoms with Gasteiger partial charge >= 0.3 is 5.97 Å². The maximum atomic E-state index is 10.9. The molecule has 1 unspecified atom stereocenters. The first-order valence-electron chi connectivity index (χ1n) is 5.18. The predicted molar refractivity (Wildman–Crippen MR) is 59.1 cm³/mol. The average Bonchev–Trinajstić information content (AvgIpc) is 2.63. The highest BCUT2D eigenvalue weighted by molar-refractivity contribution is 5.82. The smallest absolute Gasteiger partial charge is 0.326 e. The van der Waals surface area contributed by atoms with Crippen molar-refractivity contribution >= 4 is 11.9 Å². The molecule has 1 heterocycles. The van der Waals surface area contributed by atoms with Crippen LogP contribution in [-0.2, 0) is 22.6 Å². The summed E-state index contributed by atoms with van der Waals surface area (Å²) in [4.78, 5) is 21.8. The third-order valence-corrected chi connectivity index (χ3v) is 2.35. The zero-order valence-corrected chi connectivity index (χ0v) is 9.43. The van der Waals surface area contributed by atoms with Crippen LogP contribution < -0.4 is 5.32 Å². The van der Waals surface area contributed by atoms with Crippen molar-refractivity contribution in [1.82, 2.24) is 9.88 Å². The number of nitrogens with one attached hydrogen (secondary N) is 1. The van der Waals surface area contributed by atoms with E-state index in [2.05, 4.69) is 5.32 Å². The molecule has 1 aromatic rings. The molecule has 1 rings (SSSR count). The number of amides is 1. The second kappa shape index (κ2) is 5.34. The summed E-state index contributed by atoms with van der Waals surface area (Å²) >= 11 is 0. The van der Waals surface area contributed by atoms with Crippen molar-refractivity contribution in [3.05, 3.63) is 24.0 Å². The Hall–Kier alpha value is -1.78. The van der Waals surface area contributed by atoms with E-state index >= 15 is 0 Å². The molecule has 1 atom stereocenters. The highest BCUT2D eigenvalue weighted by atomic mass is 16.4. The van der Waals surface area contributed by atoms with Crippen LogP contribution in [0.25, 0.3) is 0 Å². The molecule has 1 amide bonds. The summed E-state index contributed by atoms with van der Waals surface area (Å²) < 4.78 is 1.96. The van der Waals surface area contributed by atoms with Gasteiger partial charge < -0.3 is 15.0 Å². The van der Waals surface area contributed by atoms with Crippen molar-refractivity contribution < 1.29 is 14.7 Å². The summed E-state index contributed by atoms with van der Waals surface area (Å²) in [6.07, 6.45) is 2.19. The minimum Gasteiger partial charge on any atom is -0.480 e. The van der Waals surface area contributed by atoms with E-state index in [1.807, 2.05) is 29.8 Å². The van der Waals surface area contributed by atoms with Gasteiger partial charge in [-0.05, 0) is 19.1 Å². The molecule has 0 aromatic carbocycles. The quantitative estimate of drug-likeness (QED) is 0.771. The SMILES string of the molecule is CCn1cccc1CC(NC(C)=O)C(=O)O. The summed E-state index contributed by atoms with van der Waals surface area (Å²) in [5.41, 5.74) is 0.906. The normalized spacial score (nSPS) is 12.1. The van der Waals surface area contributed by atoms with Crippen LogP contribution >= 0.6 is 0 Å². The van der Waals surface area contributed by atoms with Crippen LogP contribution in [0.3, 0.4) is 0 Å². The monoisotopic (exact) mass is 224 g/mol. The van der Waals surface area contributed by atoms with Crippen LogP contribution in [0, 0.1) is 0 Å². The molecule has 5 nitrogen and oxygen atoms in total. The minimum absolute atomic E-state index is 0.301. The summed E-state index contributed by atoms with van der Waals surface area (Å²) in [5, 5.41) is 11.4. The van der Waals surface area contributed by atoms with Crippen LogP contribution in [0.4, 0.5) is 0 Å². The maximum absolute atomic E-state index is 10.9. The Kier molecular flexibility index (Phi) is 4.10. The Morgan fingerprint density at radius 3 is 2.75 bits per heavy atom. The fourth-order valence-electron chi connectivity index (χ4n) is 1.60. The molecule has 0 radical (unpaired) electrons. The highest BCUT2D eigenvalue weighted by Crippen LogP contribution is 2.06. The van der Waals surface area contributed by atoms with E-state index in [-0.39, 0.29) is 5.91 Å². The van der Waals surface area contributed by atoms with E-state index in [1.54, 1.807) is 0 Å². The summed E-state index contributed by atoms with van der Waals surface area (Å²) in [7, 11) is 0. The van der Waals surface area contributed by atoms with Crippen molar-refractivity contribution in [3.63, 3.8) is 0 Å².